The number of aromatic nitrogens is 1. The van der Waals surface area contributed by atoms with E-state index in [0.29, 0.717) is 16.5 Å². The van der Waals surface area contributed by atoms with E-state index in [1.165, 1.54) is 14.4 Å². The molecule has 1 amide bonds. The van der Waals surface area contributed by atoms with Crippen LogP contribution in [0.3, 0.4) is 0 Å². The van der Waals surface area contributed by atoms with Gasteiger partial charge in [-0.05, 0) is 84.2 Å². The van der Waals surface area contributed by atoms with E-state index in [0.717, 1.165) is 12.1 Å². The van der Waals surface area contributed by atoms with Crippen LogP contribution >= 0.6 is 0 Å². The number of ether oxygens (including phenoxy) is 2. The van der Waals surface area contributed by atoms with Crippen LogP contribution in [0.15, 0.2) is 36.4 Å². The first-order valence-electron chi connectivity index (χ1n) is 15.4. The molecule has 5 rings (SSSR count). The summed E-state index contributed by atoms with van der Waals surface area (Å²) in [6, 6.07) is 6.97. The number of carbonyl (C=O) groups is 2. The average Bonchev–Trinajstić information content (AvgIpc) is 3.20. The van der Waals surface area contributed by atoms with Gasteiger partial charge in [0, 0.05) is 36.0 Å². The van der Waals surface area contributed by atoms with Crippen LogP contribution in [0.1, 0.15) is 83.0 Å². The van der Waals surface area contributed by atoms with Gasteiger partial charge in [0.25, 0.3) is 6.43 Å². The summed E-state index contributed by atoms with van der Waals surface area (Å²) in [6.07, 6.45) is -5.23. The largest absolute Gasteiger partial charge is 0.444 e. The second kappa shape index (κ2) is 12.2. The van der Waals surface area contributed by atoms with Crippen LogP contribution < -0.4 is 0 Å². The SMILES string of the molecule is C[C@@H]1Cc2c(n(C(=O)OC(C)(C)C)c3ccccc23)[C@@H](c2c(F)cc([C@H](O)C3CN(C(=O)OC(C)(C)C)C3)cc2F)N1CC(F)F. The van der Waals surface area contributed by atoms with Gasteiger partial charge in [-0.3, -0.25) is 4.90 Å². The first-order valence-corrected chi connectivity index (χ1v) is 15.4. The molecule has 2 aliphatic heterocycles. The maximum Gasteiger partial charge on any atom is 0.419 e. The Morgan fingerprint density at radius 1 is 0.957 bits per heavy atom. The number of hydrogen-bond acceptors (Lipinski definition) is 6. The van der Waals surface area contributed by atoms with Crippen LogP contribution in [0.4, 0.5) is 27.2 Å². The molecule has 1 aromatic heterocycles. The van der Waals surface area contributed by atoms with Gasteiger partial charge in [-0.1, -0.05) is 18.2 Å². The molecule has 0 unspecified atom stereocenters. The molecule has 2 aliphatic rings. The van der Waals surface area contributed by atoms with Crippen LogP contribution in [-0.4, -0.2) is 75.0 Å². The fourth-order valence-corrected chi connectivity index (χ4v) is 6.40. The van der Waals surface area contributed by atoms with Gasteiger partial charge in [0.2, 0.25) is 0 Å². The first-order chi connectivity index (χ1) is 21.4. The number of likely N-dealkylation sites (tertiary alicyclic amines) is 1. The Morgan fingerprint density at radius 3 is 2.09 bits per heavy atom. The summed E-state index contributed by atoms with van der Waals surface area (Å²) in [7, 11) is 0. The number of halogens is 4. The number of amides is 1. The van der Waals surface area contributed by atoms with Crippen molar-refractivity contribution in [2.24, 2.45) is 5.92 Å². The topological polar surface area (TPSA) is 84.2 Å². The van der Waals surface area contributed by atoms with Crippen molar-refractivity contribution >= 4 is 23.1 Å². The third-order valence-corrected chi connectivity index (χ3v) is 8.33. The van der Waals surface area contributed by atoms with Gasteiger partial charge < -0.3 is 19.5 Å². The molecule has 3 heterocycles. The molecule has 250 valence electrons. The molecule has 12 heteroatoms. The van der Waals surface area contributed by atoms with Gasteiger partial charge in [0.15, 0.2) is 0 Å². The van der Waals surface area contributed by atoms with E-state index in [4.69, 9.17) is 9.47 Å². The summed E-state index contributed by atoms with van der Waals surface area (Å²) in [6.45, 7) is 11.4. The van der Waals surface area contributed by atoms with Crippen molar-refractivity contribution in [2.75, 3.05) is 19.6 Å². The standard InChI is InChI=1S/C34H41F4N3O5/c1-18-12-22-21-10-8-9-11-25(21)41(32(44)46-34(5,6)7)28(22)29(40(18)17-26(37)38)27-23(35)13-19(14-24(27)36)30(42)20-15-39(16-20)31(43)45-33(2,3)4/h8-11,13-14,18,20,26,29-30,42H,12,15-17H2,1-7H3/t18-,29-,30+/m1/s1. The molecule has 0 bridgehead atoms. The van der Waals surface area contributed by atoms with Gasteiger partial charge in [0.1, 0.15) is 22.8 Å². The average molecular weight is 648 g/mol. The monoisotopic (exact) mass is 647 g/mol. The highest BCUT2D eigenvalue weighted by atomic mass is 19.3. The summed E-state index contributed by atoms with van der Waals surface area (Å²) in [5, 5.41) is 11.7. The zero-order valence-electron chi connectivity index (χ0n) is 27.1. The minimum atomic E-state index is -2.83. The van der Waals surface area contributed by atoms with Gasteiger partial charge in [-0.2, -0.15) is 0 Å². The number of rotatable bonds is 5. The van der Waals surface area contributed by atoms with Crippen molar-refractivity contribution in [1.82, 2.24) is 14.4 Å². The Morgan fingerprint density at radius 2 is 1.52 bits per heavy atom. The zero-order valence-corrected chi connectivity index (χ0v) is 27.1. The molecular formula is C34H41F4N3O5. The highest BCUT2D eigenvalue weighted by molar-refractivity contribution is 5.94. The van der Waals surface area contributed by atoms with Crippen LogP contribution in [0, 0.1) is 17.6 Å². The maximum atomic E-state index is 16.2. The molecule has 0 aliphatic carbocycles. The smallest absolute Gasteiger partial charge is 0.419 e. The Hall–Kier alpha value is -3.64. The van der Waals surface area contributed by atoms with E-state index in [-0.39, 0.29) is 30.8 Å². The van der Waals surface area contributed by atoms with Crippen molar-refractivity contribution in [2.45, 2.75) is 90.7 Å². The van der Waals surface area contributed by atoms with E-state index in [1.807, 2.05) is 0 Å². The summed E-state index contributed by atoms with van der Waals surface area (Å²) in [5.41, 5.74) is -0.968. The Balaban J connectivity index is 1.58. The number of carbonyl (C=O) groups excluding carboxylic acids is 2. The molecule has 1 saturated heterocycles. The van der Waals surface area contributed by atoms with Gasteiger partial charge >= 0.3 is 12.2 Å². The predicted molar refractivity (Wildman–Crippen MR) is 164 cm³/mol. The van der Waals surface area contributed by atoms with E-state index < -0.39 is 77.7 Å². The van der Waals surface area contributed by atoms with Gasteiger partial charge in [-0.15, -0.1) is 0 Å². The zero-order chi connectivity index (χ0) is 33.9. The van der Waals surface area contributed by atoms with Crippen molar-refractivity contribution in [3.05, 3.63) is 70.4 Å². The summed E-state index contributed by atoms with van der Waals surface area (Å²) < 4.78 is 72.8. The minimum Gasteiger partial charge on any atom is -0.444 e. The quantitative estimate of drug-likeness (QED) is 0.295. The van der Waals surface area contributed by atoms with E-state index in [9.17, 15) is 23.5 Å². The number of alkyl halides is 2. The second-order valence-corrected chi connectivity index (χ2v) is 14.2. The van der Waals surface area contributed by atoms with Crippen LogP contribution in [0.25, 0.3) is 10.9 Å². The number of fused-ring (bicyclic) bond motifs is 3. The fourth-order valence-electron chi connectivity index (χ4n) is 6.40. The Kier molecular flexibility index (Phi) is 8.93. The molecule has 2 aromatic carbocycles. The summed E-state index contributed by atoms with van der Waals surface area (Å²) in [4.78, 5) is 28.7. The fraction of sp³-hybridized carbons (Fsp3) is 0.529. The predicted octanol–water partition coefficient (Wildman–Crippen LogP) is 7.20. The van der Waals surface area contributed by atoms with Gasteiger partial charge in [0.05, 0.1) is 29.9 Å². The lowest BCUT2D eigenvalue weighted by Crippen LogP contribution is -2.53. The molecule has 0 saturated carbocycles. The molecule has 0 spiro atoms. The normalized spacial score (nSPS) is 20.1. The second-order valence-electron chi connectivity index (χ2n) is 14.2. The van der Waals surface area contributed by atoms with E-state index in [2.05, 4.69) is 0 Å². The minimum absolute atomic E-state index is 0.0511. The van der Waals surface area contributed by atoms with Crippen LogP contribution in [-0.2, 0) is 15.9 Å². The maximum absolute atomic E-state index is 16.2. The third kappa shape index (κ3) is 6.60. The molecule has 8 nitrogen and oxygen atoms in total. The lowest BCUT2D eigenvalue weighted by molar-refractivity contribution is -0.0316. The molecule has 0 radical (unpaired) electrons. The van der Waals surface area contributed by atoms with Crippen molar-refractivity contribution in [3.63, 3.8) is 0 Å². The Bertz CT molecular complexity index is 1610. The first kappa shape index (κ1) is 33.7. The molecule has 46 heavy (non-hydrogen) atoms. The number of para-hydroxylation sites is 1. The van der Waals surface area contributed by atoms with Crippen LogP contribution in [0.2, 0.25) is 0 Å². The Labute approximate surface area is 265 Å². The lowest BCUT2D eigenvalue weighted by Gasteiger charge is -2.42. The molecular weight excluding hydrogens is 606 g/mol. The highest BCUT2D eigenvalue weighted by Gasteiger charge is 2.44. The summed E-state index contributed by atoms with van der Waals surface area (Å²) >= 11 is 0. The van der Waals surface area contributed by atoms with Crippen molar-refractivity contribution in [3.8, 4) is 0 Å². The molecule has 3 atom stereocenters. The van der Waals surface area contributed by atoms with Crippen molar-refractivity contribution < 1.29 is 41.7 Å². The number of nitrogens with zero attached hydrogens (tertiary/aromatic N) is 3. The highest BCUT2D eigenvalue weighted by Crippen LogP contribution is 2.45. The number of aliphatic hydroxyl groups is 1. The van der Waals surface area contributed by atoms with Gasteiger partial charge in [-0.25, -0.2) is 31.7 Å². The molecule has 3 aromatic rings. The van der Waals surface area contributed by atoms with E-state index in [1.54, 1.807) is 72.7 Å². The lowest BCUT2D eigenvalue weighted by atomic mass is 9.85. The van der Waals surface area contributed by atoms with Crippen molar-refractivity contribution in [1.29, 1.82) is 0 Å². The number of benzene rings is 2. The third-order valence-electron chi connectivity index (χ3n) is 8.33. The number of hydrogen-bond donors (Lipinski definition) is 1. The summed E-state index contributed by atoms with van der Waals surface area (Å²) in [5.74, 6) is -2.60. The number of aliphatic hydroxyl groups excluding tert-OH is 1. The van der Waals surface area contributed by atoms with E-state index >= 15 is 8.78 Å². The van der Waals surface area contributed by atoms with Crippen LogP contribution in [0.5, 0.6) is 0 Å². The molecule has 1 N–H and O–H groups in total. The molecule has 1 fully saturated rings.